The van der Waals surface area contributed by atoms with E-state index in [4.69, 9.17) is 0 Å². The number of rotatable bonds is 5. The molecule has 19 heavy (non-hydrogen) atoms. The Morgan fingerprint density at radius 1 is 1.53 bits per heavy atom. The molecule has 1 aliphatic rings. The van der Waals surface area contributed by atoms with Crippen molar-refractivity contribution in [2.75, 3.05) is 13.1 Å². The lowest BCUT2D eigenvalue weighted by atomic mass is 9.88. The Labute approximate surface area is 115 Å². The van der Waals surface area contributed by atoms with Gasteiger partial charge in [0.1, 0.15) is 0 Å². The molecule has 1 aromatic heterocycles. The van der Waals surface area contributed by atoms with E-state index in [1.54, 1.807) is 6.20 Å². The van der Waals surface area contributed by atoms with Gasteiger partial charge in [-0.25, -0.2) is 0 Å². The molecule has 104 valence electrons. The minimum absolute atomic E-state index is 0.128. The zero-order chi connectivity index (χ0) is 13.7. The van der Waals surface area contributed by atoms with Crippen LogP contribution in [-0.4, -0.2) is 30.0 Å². The molecule has 4 nitrogen and oxygen atoms in total. The Hall–Kier alpha value is -1.42. The predicted molar refractivity (Wildman–Crippen MR) is 75.9 cm³/mol. The van der Waals surface area contributed by atoms with Crippen LogP contribution in [0.1, 0.15) is 38.8 Å². The highest BCUT2D eigenvalue weighted by Crippen LogP contribution is 2.19. The van der Waals surface area contributed by atoms with Gasteiger partial charge in [-0.1, -0.05) is 19.9 Å². The van der Waals surface area contributed by atoms with E-state index in [1.807, 2.05) is 18.2 Å². The van der Waals surface area contributed by atoms with Crippen LogP contribution in [0.25, 0.3) is 0 Å². The van der Waals surface area contributed by atoms with Crippen LogP contribution < -0.4 is 10.6 Å². The smallest absolute Gasteiger partial charge is 0.221 e. The summed E-state index contributed by atoms with van der Waals surface area (Å²) in [5.74, 6) is 0.128. The van der Waals surface area contributed by atoms with Crippen LogP contribution >= 0.6 is 0 Å². The molecule has 2 N–H and O–H groups in total. The largest absolute Gasteiger partial charge is 0.355 e. The summed E-state index contributed by atoms with van der Waals surface area (Å²) in [6, 6.07) is 6.25. The standard InChI is InChI=1S/C15H23N3O/c1-15(2,13-7-3-4-8-17-13)11-18-14(19)10-12-6-5-9-16-12/h3-4,7-8,12,16H,5-6,9-11H2,1-2H3,(H,18,19). The van der Waals surface area contributed by atoms with Crippen LogP contribution in [0.2, 0.25) is 0 Å². The molecule has 2 heterocycles. The fraction of sp³-hybridized carbons (Fsp3) is 0.600. The van der Waals surface area contributed by atoms with Crippen LogP contribution in [0.3, 0.4) is 0 Å². The summed E-state index contributed by atoms with van der Waals surface area (Å²) in [5.41, 5.74) is 0.870. The third-order valence-corrected chi connectivity index (χ3v) is 3.68. The van der Waals surface area contributed by atoms with E-state index < -0.39 is 0 Å². The van der Waals surface area contributed by atoms with E-state index in [0.29, 0.717) is 19.0 Å². The summed E-state index contributed by atoms with van der Waals surface area (Å²) in [6.07, 6.45) is 4.66. The van der Waals surface area contributed by atoms with Crippen molar-refractivity contribution in [3.05, 3.63) is 30.1 Å². The molecule has 0 saturated carbocycles. The molecular weight excluding hydrogens is 238 g/mol. The van der Waals surface area contributed by atoms with Gasteiger partial charge in [0.2, 0.25) is 5.91 Å². The van der Waals surface area contributed by atoms with E-state index in [9.17, 15) is 4.79 Å². The summed E-state index contributed by atoms with van der Waals surface area (Å²) in [5, 5.41) is 6.37. The summed E-state index contributed by atoms with van der Waals surface area (Å²) < 4.78 is 0. The second-order valence-corrected chi connectivity index (χ2v) is 5.87. The highest BCUT2D eigenvalue weighted by atomic mass is 16.1. The normalized spacial score (nSPS) is 19.4. The van der Waals surface area contributed by atoms with Gasteiger partial charge in [0.15, 0.2) is 0 Å². The van der Waals surface area contributed by atoms with E-state index in [0.717, 1.165) is 18.7 Å². The van der Waals surface area contributed by atoms with Crippen LogP contribution in [-0.2, 0) is 10.2 Å². The average molecular weight is 261 g/mol. The number of amides is 1. The molecule has 1 unspecified atom stereocenters. The number of hydrogen-bond donors (Lipinski definition) is 2. The van der Waals surface area contributed by atoms with E-state index in [-0.39, 0.29) is 11.3 Å². The monoisotopic (exact) mass is 261 g/mol. The molecular formula is C15H23N3O. The van der Waals surface area contributed by atoms with Crippen molar-refractivity contribution in [2.24, 2.45) is 0 Å². The number of pyridine rings is 1. The molecule has 1 aliphatic heterocycles. The number of carbonyl (C=O) groups excluding carboxylic acids is 1. The zero-order valence-corrected chi connectivity index (χ0v) is 11.8. The molecule has 0 spiro atoms. The fourth-order valence-corrected chi connectivity index (χ4v) is 2.40. The minimum Gasteiger partial charge on any atom is -0.355 e. The van der Waals surface area contributed by atoms with E-state index in [1.165, 1.54) is 6.42 Å². The first-order valence-corrected chi connectivity index (χ1v) is 6.99. The summed E-state index contributed by atoms with van der Waals surface area (Å²) in [6.45, 7) is 5.86. The lowest BCUT2D eigenvalue weighted by Gasteiger charge is -2.24. The Morgan fingerprint density at radius 2 is 2.37 bits per heavy atom. The number of nitrogens with one attached hydrogen (secondary N) is 2. The van der Waals surface area contributed by atoms with Gasteiger partial charge in [0, 0.05) is 36.3 Å². The first kappa shape index (κ1) is 14.0. The number of nitrogens with zero attached hydrogens (tertiary/aromatic N) is 1. The van der Waals surface area contributed by atoms with Crippen molar-refractivity contribution in [3.8, 4) is 0 Å². The minimum atomic E-state index is -0.139. The lowest BCUT2D eigenvalue weighted by Crippen LogP contribution is -2.39. The van der Waals surface area contributed by atoms with E-state index in [2.05, 4.69) is 29.5 Å². The van der Waals surface area contributed by atoms with Gasteiger partial charge in [-0.2, -0.15) is 0 Å². The number of aromatic nitrogens is 1. The van der Waals surface area contributed by atoms with Gasteiger partial charge in [-0.05, 0) is 31.5 Å². The molecule has 2 rings (SSSR count). The first-order chi connectivity index (χ1) is 9.08. The summed E-state index contributed by atoms with van der Waals surface area (Å²) >= 11 is 0. The summed E-state index contributed by atoms with van der Waals surface area (Å²) in [4.78, 5) is 16.3. The van der Waals surface area contributed by atoms with Crippen molar-refractivity contribution in [1.82, 2.24) is 15.6 Å². The third kappa shape index (κ3) is 4.03. The molecule has 1 aromatic rings. The van der Waals surface area contributed by atoms with Crippen LogP contribution in [0, 0.1) is 0 Å². The Morgan fingerprint density at radius 3 is 3.00 bits per heavy atom. The van der Waals surface area contributed by atoms with Gasteiger partial charge >= 0.3 is 0 Å². The molecule has 1 saturated heterocycles. The third-order valence-electron chi connectivity index (χ3n) is 3.68. The molecule has 4 heteroatoms. The maximum Gasteiger partial charge on any atom is 0.221 e. The topological polar surface area (TPSA) is 54.0 Å². The molecule has 1 atom stereocenters. The van der Waals surface area contributed by atoms with Gasteiger partial charge in [0.05, 0.1) is 0 Å². The zero-order valence-electron chi connectivity index (χ0n) is 11.8. The Balaban J connectivity index is 1.82. The van der Waals surface area contributed by atoms with Crippen molar-refractivity contribution >= 4 is 5.91 Å². The van der Waals surface area contributed by atoms with Crippen molar-refractivity contribution in [2.45, 2.75) is 44.6 Å². The van der Waals surface area contributed by atoms with Gasteiger partial charge in [-0.15, -0.1) is 0 Å². The van der Waals surface area contributed by atoms with Crippen LogP contribution in [0.4, 0.5) is 0 Å². The SMILES string of the molecule is CC(C)(CNC(=O)CC1CCCN1)c1ccccn1. The molecule has 0 radical (unpaired) electrons. The second-order valence-electron chi connectivity index (χ2n) is 5.87. The second kappa shape index (κ2) is 6.15. The molecule has 1 fully saturated rings. The lowest BCUT2D eigenvalue weighted by molar-refractivity contribution is -0.121. The van der Waals surface area contributed by atoms with Crippen molar-refractivity contribution < 1.29 is 4.79 Å². The predicted octanol–water partition coefficient (Wildman–Crippen LogP) is 1.62. The number of carbonyl (C=O) groups is 1. The van der Waals surface area contributed by atoms with Crippen molar-refractivity contribution in [1.29, 1.82) is 0 Å². The van der Waals surface area contributed by atoms with Crippen LogP contribution in [0.15, 0.2) is 24.4 Å². The molecule has 1 amide bonds. The summed E-state index contributed by atoms with van der Waals surface area (Å²) in [7, 11) is 0. The first-order valence-electron chi connectivity index (χ1n) is 6.99. The highest BCUT2D eigenvalue weighted by molar-refractivity contribution is 5.76. The number of hydrogen-bond acceptors (Lipinski definition) is 3. The van der Waals surface area contributed by atoms with Gasteiger partial charge in [0.25, 0.3) is 0 Å². The average Bonchev–Trinajstić information content (AvgIpc) is 2.90. The Bertz CT molecular complexity index is 411. The Kier molecular flexibility index (Phi) is 4.53. The van der Waals surface area contributed by atoms with Gasteiger partial charge < -0.3 is 10.6 Å². The molecule has 0 bridgehead atoms. The fourth-order valence-electron chi connectivity index (χ4n) is 2.40. The van der Waals surface area contributed by atoms with Crippen molar-refractivity contribution in [3.63, 3.8) is 0 Å². The molecule has 0 aliphatic carbocycles. The quantitative estimate of drug-likeness (QED) is 0.847. The maximum absolute atomic E-state index is 11.9. The van der Waals surface area contributed by atoms with E-state index >= 15 is 0 Å². The van der Waals surface area contributed by atoms with Gasteiger partial charge in [-0.3, -0.25) is 9.78 Å². The maximum atomic E-state index is 11.9. The highest BCUT2D eigenvalue weighted by Gasteiger charge is 2.24. The molecule has 0 aromatic carbocycles. The van der Waals surface area contributed by atoms with Crippen LogP contribution in [0.5, 0.6) is 0 Å².